The molecule has 0 aromatic carbocycles. The standard InChI is InChI=1S/C17H19NO2S/c1-2-7-20-14-8-13(10-18-11-14)17(19)16-9-12-5-3-4-6-15(12)21-16/h8-11H,2-7H2,1H3. The fourth-order valence-electron chi connectivity index (χ4n) is 2.59. The van der Waals surface area contributed by atoms with Crippen LogP contribution in [0.25, 0.3) is 0 Å². The lowest BCUT2D eigenvalue weighted by atomic mass is 9.99. The molecule has 0 atom stereocenters. The average molecular weight is 301 g/mol. The molecule has 1 aliphatic carbocycles. The molecule has 0 bridgehead atoms. The van der Waals surface area contributed by atoms with E-state index in [4.69, 9.17) is 4.74 Å². The number of ketones is 1. The molecular weight excluding hydrogens is 282 g/mol. The van der Waals surface area contributed by atoms with Gasteiger partial charge in [0, 0.05) is 16.6 Å². The predicted octanol–water partition coefficient (Wildman–Crippen LogP) is 4.04. The zero-order chi connectivity index (χ0) is 14.7. The summed E-state index contributed by atoms with van der Waals surface area (Å²) in [5.41, 5.74) is 1.98. The molecule has 4 heteroatoms. The maximum atomic E-state index is 12.6. The second kappa shape index (κ2) is 6.39. The molecule has 3 rings (SSSR count). The molecular formula is C17H19NO2S. The highest BCUT2D eigenvalue weighted by atomic mass is 32.1. The molecule has 110 valence electrons. The van der Waals surface area contributed by atoms with E-state index >= 15 is 0 Å². The largest absolute Gasteiger partial charge is 0.492 e. The molecule has 0 amide bonds. The molecule has 0 saturated heterocycles. The molecule has 0 radical (unpaired) electrons. The van der Waals surface area contributed by atoms with E-state index < -0.39 is 0 Å². The van der Waals surface area contributed by atoms with Crippen molar-refractivity contribution < 1.29 is 9.53 Å². The third-order valence-corrected chi connectivity index (χ3v) is 4.90. The number of nitrogens with zero attached hydrogens (tertiary/aromatic N) is 1. The minimum absolute atomic E-state index is 0.0591. The SMILES string of the molecule is CCCOc1cncc(C(=O)c2cc3c(s2)CCCC3)c1. The summed E-state index contributed by atoms with van der Waals surface area (Å²) >= 11 is 1.64. The Hall–Kier alpha value is -1.68. The first-order valence-corrected chi connectivity index (χ1v) is 8.33. The lowest BCUT2D eigenvalue weighted by Crippen LogP contribution is -2.02. The van der Waals surface area contributed by atoms with Crippen molar-refractivity contribution in [3.8, 4) is 5.75 Å². The van der Waals surface area contributed by atoms with Gasteiger partial charge < -0.3 is 4.74 Å². The van der Waals surface area contributed by atoms with E-state index in [1.54, 1.807) is 29.8 Å². The van der Waals surface area contributed by atoms with E-state index in [1.165, 1.54) is 23.3 Å². The number of aromatic nitrogens is 1. The van der Waals surface area contributed by atoms with Crippen LogP contribution in [0.15, 0.2) is 24.5 Å². The average Bonchev–Trinajstić information content (AvgIpc) is 2.96. The minimum Gasteiger partial charge on any atom is -0.492 e. The number of carbonyl (C=O) groups is 1. The summed E-state index contributed by atoms with van der Waals surface area (Å²) < 4.78 is 5.55. The number of ether oxygens (including phenoxy) is 1. The molecule has 0 aliphatic heterocycles. The van der Waals surface area contributed by atoms with Gasteiger partial charge in [-0.05, 0) is 49.8 Å². The smallest absolute Gasteiger partial charge is 0.204 e. The van der Waals surface area contributed by atoms with Gasteiger partial charge in [0.1, 0.15) is 5.75 Å². The van der Waals surface area contributed by atoms with Crippen LogP contribution in [0.2, 0.25) is 0 Å². The third-order valence-electron chi connectivity index (χ3n) is 3.67. The molecule has 3 nitrogen and oxygen atoms in total. The van der Waals surface area contributed by atoms with E-state index in [1.807, 2.05) is 0 Å². The summed E-state index contributed by atoms with van der Waals surface area (Å²) in [5, 5.41) is 0. The number of rotatable bonds is 5. The Bertz CT molecular complexity index is 624. The van der Waals surface area contributed by atoms with Gasteiger partial charge >= 0.3 is 0 Å². The fourth-order valence-corrected chi connectivity index (χ4v) is 3.80. The van der Waals surface area contributed by atoms with Gasteiger partial charge in [0.2, 0.25) is 5.78 Å². The zero-order valence-electron chi connectivity index (χ0n) is 12.2. The number of hydrogen-bond acceptors (Lipinski definition) is 4. The van der Waals surface area contributed by atoms with Gasteiger partial charge in [0.15, 0.2) is 0 Å². The van der Waals surface area contributed by atoms with Crippen LogP contribution in [0.4, 0.5) is 0 Å². The van der Waals surface area contributed by atoms with Gasteiger partial charge in [-0.25, -0.2) is 0 Å². The topological polar surface area (TPSA) is 39.2 Å². The third kappa shape index (κ3) is 3.16. The number of fused-ring (bicyclic) bond motifs is 1. The van der Waals surface area contributed by atoms with Crippen LogP contribution in [0.5, 0.6) is 5.75 Å². The Labute approximate surface area is 129 Å². The number of hydrogen-bond donors (Lipinski definition) is 0. The Morgan fingerprint density at radius 1 is 1.29 bits per heavy atom. The summed E-state index contributed by atoms with van der Waals surface area (Å²) in [6.45, 7) is 2.70. The maximum absolute atomic E-state index is 12.6. The van der Waals surface area contributed by atoms with Crippen molar-refractivity contribution in [1.82, 2.24) is 4.98 Å². The summed E-state index contributed by atoms with van der Waals surface area (Å²) in [4.78, 5) is 18.9. The summed E-state index contributed by atoms with van der Waals surface area (Å²) in [6, 6.07) is 3.87. The van der Waals surface area contributed by atoms with E-state index in [-0.39, 0.29) is 5.78 Å². The Kier molecular flexibility index (Phi) is 4.34. The van der Waals surface area contributed by atoms with Gasteiger partial charge in [0.05, 0.1) is 17.7 Å². The minimum atomic E-state index is 0.0591. The molecule has 0 unspecified atom stereocenters. The highest BCUT2D eigenvalue weighted by molar-refractivity contribution is 7.14. The zero-order valence-corrected chi connectivity index (χ0v) is 13.0. The van der Waals surface area contributed by atoms with Crippen LogP contribution in [0.1, 0.15) is 51.9 Å². The first-order valence-electron chi connectivity index (χ1n) is 7.52. The predicted molar refractivity (Wildman–Crippen MR) is 84.4 cm³/mol. The van der Waals surface area contributed by atoms with Crippen molar-refractivity contribution in [3.05, 3.63) is 45.4 Å². The van der Waals surface area contributed by atoms with Crippen molar-refractivity contribution in [2.45, 2.75) is 39.0 Å². The van der Waals surface area contributed by atoms with Gasteiger partial charge in [-0.3, -0.25) is 9.78 Å². The number of carbonyl (C=O) groups excluding carboxylic acids is 1. The van der Waals surface area contributed by atoms with Crippen molar-refractivity contribution in [2.24, 2.45) is 0 Å². The van der Waals surface area contributed by atoms with Crippen LogP contribution in [-0.2, 0) is 12.8 Å². The number of aryl methyl sites for hydroxylation is 2. The molecule has 0 spiro atoms. The highest BCUT2D eigenvalue weighted by Gasteiger charge is 2.18. The molecule has 1 aliphatic rings. The van der Waals surface area contributed by atoms with Crippen molar-refractivity contribution in [2.75, 3.05) is 6.61 Å². The normalized spacial score (nSPS) is 13.8. The molecule has 0 N–H and O–H groups in total. The molecule has 2 heterocycles. The Balaban J connectivity index is 1.82. The van der Waals surface area contributed by atoms with Crippen LogP contribution < -0.4 is 4.74 Å². The first-order chi connectivity index (χ1) is 10.3. The molecule has 0 saturated carbocycles. The molecule has 21 heavy (non-hydrogen) atoms. The summed E-state index contributed by atoms with van der Waals surface area (Å²) in [7, 11) is 0. The van der Waals surface area contributed by atoms with Crippen LogP contribution in [0, 0.1) is 0 Å². The monoisotopic (exact) mass is 301 g/mol. The molecule has 2 aromatic heterocycles. The van der Waals surface area contributed by atoms with Gasteiger partial charge in [-0.15, -0.1) is 11.3 Å². The number of thiophene rings is 1. The van der Waals surface area contributed by atoms with Gasteiger partial charge in [-0.2, -0.15) is 0 Å². The lowest BCUT2D eigenvalue weighted by Gasteiger charge is -2.08. The van der Waals surface area contributed by atoms with E-state index in [9.17, 15) is 4.79 Å². The number of pyridine rings is 1. The Morgan fingerprint density at radius 3 is 2.95 bits per heavy atom. The van der Waals surface area contributed by atoms with Crippen LogP contribution in [-0.4, -0.2) is 17.4 Å². The van der Waals surface area contributed by atoms with E-state index in [2.05, 4.69) is 18.0 Å². The second-order valence-electron chi connectivity index (χ2n) is 5.35. The molecule has 2 aromatic rings. The van der Waals surface area contributed by atoms with Crippen molar-refractivity contribution >= 4 is 17.1 Å². The second-order valence-corrected chi connectivity index (χ2v) is 6.49. The quantitative estimate of drug-likeness (QED) is 0.782. The first kappa shape index (κ1) is 14.3. The van der Waals surface area contributed by atoms with Gasteiger partial charge in [-0.1, -0.05) is 6.92 Å². The fraction of sp³-hybridized carbons (Fsp3) is 0.412. The maximum Gasteiger partial charge on any atom is 0.204 e. The highest BCUT2D eigenvalue weighted by Crippen LogP contribution is 2.31. The van der Waals surface area contributed by atoms with Crippen molar-refractivity contribution in [1.29, 1.82) is 0 Å². The van der Waals surface area contributed by atoms with E-state index in [0.717, 1.165) is 24.1 Å². The van der Waals surface area contributed by atoms with Gasteiger partial charge in [0.25, 0.3) is 0 Å². The summed E-state index contributed by atoms with van der Waals surface area (Å²) in [5.74, 6) is 0.730. The lowest BCUT2D eigenvalue weighted by molar-refractivity contribution is 0.104. The summed E-state index contributed by atoms with van der Waals surface area (Å²) in [6.07, 6.45) is 8.92. The van der Waals surface area contributed by atoms with Crippen LogP contribution in [0.3, 0.4) is 0 Å². The molecule has 0 fully saturated rings. The Morgan fingerprint density at radius 2 is 2.14 bits per heavy atom. The van der Waals surface area contributed by atoms with Crippen LogP contribution >= 0.6 is 11.3 Å². The van der Waals surface area contributed by atoms with E-state index in [0.29, 0.717) is 17.9 Å². The van der Waals surface area contributed by atoms with Crippen molar-refractivity contribution in [3.63, 3.8) is 0 Å².